The van der Waals surface area contributed by atoms with Gasteiger partial charge < -0.3 is 10.6 Å². The molecule has 0 spiro atoms. The van der Waals surface area contributed by atoms with Crippen molar-refractivity contribution < 1.29 is 4.92 Å². The summed E-state index contributed by atoms with van der Waals surface area (Å²) in [6.07, 6.45) is 4.39. The molecule has 0 atom stereocenters. The highest BCUT2D eigenvalue weighted by Crippen LogP contribution is 2.32. The summed E-state index contributed by atoms with van der Waals surface area (Å²) in [7, 11) is 0. The van der Waals surface area contributed by atoms with Crippen molar-refractivity contribution in [2.45, 2.75) is 0 Å². The third-order valence-corrected chi connectivity index (χ3v) is 3.26. The van der Waals surface area contributed by atoms with Crippen LogP contribution < -0.4 is 10.6 Å². The van der Waals surface area contributed by atoms with Crippen LogP contribution in [0.5, 0.6) is 0 Å². The maximum atomic E-state index is 11.4. The van der Waals surface area contributed by atoms with Gasteiger partial charge in [-0.05, 0) is 12.1 Å². The van der Waals surface area contributed by atoms with Crippen LogP contribution in [0.2, 0.25) is 0 Å². The van der Waals surface area contributed by atoms with Gasteiger partial charge >= 0.3 is 5.69 Å². The van der Waals surface area contributed by atoms with Crippen molar-refractivity contribution >= 4 is 39.6 Å². The zero-order chi connectivity index (χ0) is 15.4. The summed E-state index contributed by atoms with van der Waals surface area (Å²) in [5, 5.41) is 19.3. The van der Waals surface area contributed by atoms with Crippen molar-refractivity contribution in [2.24, 2.45) is 0 Å². The van der Waals surface area contributed by atoms with Crippen molar-refractivity contribution in [2.75, 3.05) is 10.6 Å². The fourth-order valence-electron chi connectivity index (χ4n) is 1.68. The summed E-state index contributed by atoms with van der Waals surface area (Å²) in [6.45, 7) is 0. The summed E-state index contributed by atoms with van der Waals surface area (Å²) >= 11 is 1.31. The number of aromatic nitrogens is 4. The fraction of sp³-hybridized carbons (Fsp3) is 0. The quantitative estimate of drug-likeness (QED) is 0.545. The molecule has 3 aromatic rings. The van der Waals surface area contributed by atoms with Crippen LogP contribution in [0.1, 0.15) is 0 Å². The number of nitrogens with one attached hydrogen (secondary N) is 2. The van der Waals surface area contributed by atoms with Crippen LogP contribution in [-0.2, 0) is 0 Å². The summed E-state index contributed by atoms with van der Waals surface area (Å²) in [5.74, 6) is 0.565. The fourth-order valence-corrected chi connectivity index (χ4v) is 2.21. The molecule has 10 heteroatoms. The molecule has 0 radical (unpaired) electrons. The standard InChI is InChI=1S/C12H9N7O2S/c20-19(21)9-10(17-8-3-1-2-4-13-8)15-7-16-11(9)18-12-14-5-6-22-12/h1-7H,(H2,13,14,15,16,17,18). The maximum absolute atomic E-state index is 11.4. The highest BCUT2D eigenvalue weighted by atomic mass is 32.1. The van der Waals surface area contributed by atoms with Gasteiger partial charge in [0.2, 0.25) is 11.6 Å². The van der Waals surface area contributed by atoms with Gasteiger partial charge in [0.15, 0.2) is 5.13 Å². The second-order valence-electron chi connectivity index (χ2n) is 3.98. The van der Waals surface area contributed by atoms with Crippen LogP contribution in [0, 0.1) is 10.1 Å². The SMILES string of the molecule is O=[N+]([O-])c1c(Nc2ccccn2)ncnc1Nc1nccs1. The topological polar surface area (TPSA) is 119 Å². The summed E-state index contributed by atoms with van der Waals surface area (Å²) in [4.78, 5) is 26.7. The van der Waals surface area contributed by atoms with E-state index in [1.165, 1.54) is 17.7 Å². The Hall–Kier alpha value is -3.14. The van der Waals surface area contributed by atoms with E-state index >= 15 is 0 Å². The summed E-state index contributed by atoms with van der Waals surface area (Å²) < 4.78 is 0. The van der Waals surface area contributed by atoms with E-state index in [-0.39, 0.29) is 17.3 Å². The molecule has 0 amide bonds. The summed E-state index contributed by atoms with van der Waals surface area (Å²) in [5.41, 5.74) is -0.275. The smallest absolute Gasteiger partial charge is 0.319 e. The van der Waals surface area contributed by atoms with Crippen molar-refractivity contribution in [3.63, 3.8) is 0 Å². The van der Waals surface area contributed by atoms with Gasteiger partial charge in [-0.3, -0.25) is 10.1 Å². The molecule has 22 heavy (non-hydrogen) atoms. The van der Waals surface area contributed by atoms with E-state index in [1.807, 2.05) is 0 Å². The van der Waals surface area contributed by atoms with Gasteiger partial charge in [0.25, 0.3) is 0 Å². The highest BCUT2D eigenvalue weighted by Gasteiger charge is 2.23. The van der Waals surface area contributed by atoms with Crippen LogP contribution in [-0.4, -0.2) is 24.9 Å². The Kier molecular flexibility index (Phi) is 3.83. The predicted molar refractivity (Wildman–Crippen MR) is 81.6 cm³/mol. The minimum atomic E-state index is -0.554. The molecular weight excluding hydrogens is 306 g/mol. The van der Waals surface area contributed by atoms with Crippen LogP contribution in [0.15, 0.2) is 42.3 Å². The largest absolute Gasteiger partial charge is 0.354 e. The number of rotatable bonds is 5. The van der Waals surface area contributed by atoms with Crippen LogP contribution in [0.4, 0.5) is 28.3 Å². The zero-order valence-electron chi connectivity index (χ0n) is 11.0. The molecule has 0 fully saturated rings. The normalized spacial score (nSPS) is 10.2. The first-order valence-electron chi connectivity index (χ1n) is 6.08. The third-order valence-electron chi connectivity index (χ3n) is 2.57. The number of anilines is 4. The number of pyridine rings is 1. The predicted octanol–water partition coefficient (Wildman–Crippen LogP) is 2.72. The molecule has 3 heterocycles. The lowest BCUT2D eigenvalue weighted by molar-refractivity contribution is -0.383. The van der Waals surface area contributed by atoms with Crippen molar-refractivity contribution in [3.8, 4) is 0 Å². The Morgan fingerprint density at radius 1 is 1.05 bits per heavy atom. The molecule has 0 unspecified atom stereocenters. The highest BCUT2D eigenvalue weighted by molar-refractivity contribution is 7.13. The molecule has 110 valence electrons. The molecule has 0 aromatic carbocycles. The van der Waals surface area contributed by atoms with Crippen molar-refractivity contribution in [1.82, 2.24) is 19.9 Å². The molecule has 0 saturated carbocycles. The molecule has 3 rings (SSSR count). The van der Waals surface area contributed by atoms with Gasteiger partial charge in [0.05, 0.1) is 4.92 Å². The van der Waals surface area contributed by atoms with Crippen LogP contribution >= 0.6 is 11.3 Å². The lowest BCUT2D eigenvalue weighted by Crippen LogP contribution is -2.05. The van der Waals surface area contributed by atoms with Crippen molar-refractivity contribution in [1.29, 1.82) is 0 Å². The van der Waals surface area contributed by atoms with Crippen molar-refractivity contribution in [3.05, 3.63) is 52.4 Å². The molecule has 0 aliphatic rings. The van der Waals surface area contributed by atoms with Gasteiger partial charge in [-0.25, -0.2) is 19.9 Å². The van der Waals surface area contributed by atoms with Gasteiger partial charge in [-0.2, -0.15) is 0 Å². The Labute approximate surface area is 128 Å². The molecule has 3 aromatic heterocycles. The average Bonchev–Trinajstić information content (AvgIpc) is 3.01. The van der Waals surface area contributed by atoms with Gasteiger partial charge in [0.1, 0.15) is 12.1 Å². The minimum absolute atomic E-state index is 0.0535. The number of thiazole rings is 1. The van der Waals surface area contributed by atoms with E-state index in [0.717, 1.165) is 0 Å². The maximum Gasteiger partial charge on any atom is 0.354 e. The lowest BCUT2D eigenvalue weighted by atomic mass is 10.4. The Morgan fingerprint density at radius 3 is 2.50 bits per heavy atom. The Morgan fingerprint density at radius 2 is 1.86 bits per heavy atom. The number of nitrogens with zero attached hydrogens (tertiary/aromatic N) is 5. The van der Waals surface area contributed by atoms with Gasteiger partial charge in [0, 0.05) is 17.8 Å². The van der Waals surface area contributed by atoms with E-state index in [9.17, 15) is 10.1 Å². The monoisotopic (exact) mass is 315 g/mol. The number of hydrogen-bond donors (Lipinski definition) is 2. The first-order valence-corrected chi connectivity index (χ1v) is 6.96. The minimum Gasteiger partial charge on any atom is -0.319 e. The first kappa shape index (κ1) is 13.8. The molecule has 9 nitrogen and oxygen atoms in total. The van der Waals surface area contributed by atoms with Crippen LogP contribution in [0.3, 0.4) is 0 Å². The van der Waals surface area contributed by atoms with E-state index in [2.05, 4.69) is 30.6 Å². The second kappa shape index (κ2) is 6.10. The Bertz CT molecular complexity index is 779. The lowest BCUT2D eigenvalue weighted by Gasteiger charge is -2.08. The third kappa shape index (κ3) is 2.96. The number of nitro groups is 1. The average molecular weight is 315 g/mol. The van der Waals surface area contributed by atoms with E-state index < -0.39 is 4.92 Å². The molecule has 0 aliphatic carbocycles. The Balaban J connectivity index is 1.97. The van der Waals surface area contributed by atoms with Crippen LogP contribution in [0.25, 0.3) is 0 Å². The van der Waals surface area contributed by atoms with E-state index in [1.54, 1.807) is 36.0 Å². The number of hydrogen-bond acceptors (Lipinski definition) is 9. The molecule has 0 saturated heterocycles. The van der Waals surface area contributed by atoms with E-state index in [0.29, 0.717) is 10.9 Å². The molecule has 0 aliphatic heterocycles. The first-order chi connectivity index (χ1) is 10.7. The zero-order valence-corrected chi connectivity index (χ0v) is 11.8. The van der Waals surface area contributed by atoms with E-state index in [4.69, 9.17) is 0 Å². The second-order valence-corrected chi connectivity index (χ2v) is 4.87. The molecular formula is C12H9N7O2S. The molecule has 2 N–H and O–H groups in total. The van der Waals surface area contributed by atoms with Gasteiger partial charge in [-0.15, -0.1) is 11.3 Å². The summed E-state index contributed by atoms with van der Waals surface area (Å²) in [6, 6.07) is 5.19. The molecule has 0 bridgehead atoms. The van der Waals surface area contributed by atoms with Gasteiger partial charge in [-0.1, -0.05) is 6.07 Å².